The highest BCUT2D eigenvalue weighted by Gasteiger charge is 2.23. The first kappa shape index (κ1) is 16.3. The lowest BCUT2D eigenvalue weighted by Crippen LogP contribution is -2.53. The van der Waals surface area contributed by atoms with Gasteiger partial charge in [0.05, 0.1) is 6.42 Å². The average Bonchev–Trinajstić information content (AvgIpc) is 2.55. The van der Waals surface area contributed by atoms with Crippen LogP contribution in [-0.2, 0) is 11.2 Å². The van der Waals surface area contributed by atoms with E-state index in [9.17, 15) is 14.0 Å². The van der Waals surface area contributed by atoms with E-state index in [1.165, 1.54) is 12.1 Å². The van der Waals surface area contributed by atoms with Crippen LogP contribution in [0.2, 0.25) is 0 Å². The Morgan fingerprint density at radius 3 is 2.27 bits per heavy atom. The molecule has 6 heteroatoms. The zero-order valence-electron chi connectivity index (χ0n) is 12.8. The van der Waals surface area contributed by atoms with Crippen molar-refractivity contribution in [1.82, 2.24) is 15.1 Å². The first-order valence-corrected chi connectivity index (χ1v) is 7.65. The van der Waals surface area contributed by atoms with Gasteiger partial charge in [0.15, 0.2) is 0 Å². The van der Waals surface area contributed by atoms with Gasteiger partial charge >= 0.3 is 6.03 Å². The van der Waals surface area contributed by atoms with E-state index in [4.69, 9.17) is 0 Å². The molecule has 1 saturated heterocycles. The maximum atomic E-state index is 12.8. The fourth-order valence-electron chi connectivity index (χ4n) is 2.39. The van der Waals surface area contributed by atoms with E-state index in [0.717, 1.165) is 12.0 Å². The van der Waals surface area contributed by atoms with E-state index in [-0.39, 0.29) is 24.2 Å². The van der Waals surface area contributed by atoms with Crippen molar-refractivity contribution >= 4 is 11.9 Å². The average molecular weight is 307 g/mol. The number of nitrogens with one attached hydrogen (secondary N) is 1. The Morgan fingerprint density at radius 2 is 1.68 bits per heavy atom. The Bertz CT molecular complexity index is 511. The second-order valence-electron chi connectivity index (χ2n) is 5.40. The number of hydrogen-bond donors (Lipinski definition) is 1. The second kappa shape index (κ2) is 7.77. The number of urea groups is 1. The van der Waals surface area contributed by atoms with Crippen LogP contribution in [0.25, 0.3) is 0 Å². The van der Waals surface area contributed by atoms with E-state index in [1.54, 1.807) is 21.9 Å². The zero-order chi connectivity index (χ0) is 15.9. The Labute approximate surface area is 130 Å². The molecule has 1 aliphatic rings. The molecule has 0 unspecified atom stereocenters. The van der Waals surface area contributed by atoms with E-state index in [0.29, 0.717) is 32.7 Å². The van der Waals surface area contributed by atoms with Crippen LogP contribution in [0.1, 0.15) is 18.9 Å². The Hall–Kier alpha value is -2.11. The van der Waals surface area contributed by atoms with E-state index < -0.39 is 0 Å². The minimum absolute atomic E-state index is 0.0141. The number of hydrogen-bond acceptors (Lipinski definition) is 2. The fourth-order valence-corrected chi connectivity index (χ4v) is 2.39. The lowest BCUT2D eigenvalue weighted by molar-refractivity contribution is -0.131. The molecule has 5 nitrogen and oxygen atoms in total. The summed E-state index contributed by atoms with van der Waals surface area (Å²) in [7, 11) is 0. The largest absolute Gasteiger partial charge is 0.339 e. The third kappa shape index (κ3) is 4.44. The Morgan fingerprint density at radius 1 is 1.09 bits per heavy atom. The molecule has 3 amide bonds. The summed E-state index contributed by atoms with van der Waals surface area (Å²) in [6, 6.07) is 5.91. The summed E-state index contributed by atoms with van der Waals surface area (Å²) in [6.07, 6.45) is 1.17. The van der Waals surface area contributed by atoms with Crippen molar-refractivity contribution < 1.29 is 14.0 Å². The van der Waals surface area contributed by atoms with Crippen molar-refractivity contribution in [2.75, 3.05) is 32.7 Å². The summed E-state index contributed by atoms with van der Waals surface area (Å²) in [5.74, 6) is -0.289. The summed E-state index contributed by atoms with van der Waals surface area (Å²) in [5, 5.41) is 2.84. The van der Waals surface area contributed by atoms with Crippen molar-refractivity contribution in [1.29, 1.82) is 0 Å². The summed E-state index contributed by atoms with van der Waals surface area (Å²) in [4.78, 5) is 27.5. The molecule has 0 bridgehead atoms. The molecule has 1 aromatic carbocycles. The maximum Gasteiger partial charge on any atom is 0.317 e. The molecule has 120 valence electrons. The van der Waals surface area contributed by atoms with Gasteiger partial charge in [0.2, 0.25) is 5.91 Å². The lowest BCUT2D eigenvalue weighted by Gasteiger charge is -2.34. The third-order valence-corrected chi connectivity index (χ3v) is 3.71. The Kier molecular flexibility index (Phi) is 5.75. The van der Waals surface area contributed by atoms with Gasteiger partial charge in [-0.25, -0.2) is 9.18 Å². The molecule has 0 saturated carbocycles. The Balaban J connectivity index is 1.79. The summed E-state index contributed by atoms with van der Waals surface area (Å²) in [5.41, 5.74) is 0.800. The van der Waals surface area contributed by atoms with Crippen molar-refractivity contribution in [3.8, 4) is 0 Å². The van der Waals surface area contributed by atoms with Crippen LogP contribution in [0, 0.1) is 5.82 Å². The standard InChI is InChI=1S/C16H22FN3O2/c1-2-7-18-16(22)20-10-8-19(9-11-20)15(21)12-13-3-5-14(17)6-4-13/h3-6H,2,7-12H2,1H3,(H,18,22). The van der Waals surface area contributed by atoms with Crippen LogP contribution >= 0.6 is 0 Å². The summed E-state index contributed by atoms with van der Waals surface area (Å²) >= 11 is 0. The number of piperazine rings is 1. The van der Waals surface area contributed by atoms with Crippen molar-refractivity contribution in [3.63, 3.8) is 0 Å². The lowest BCUT2D eigenvalue weighted by atomic mass is 10.1. The first-order valence-electron chi connectivity index (χ1n) is 7.65. The van der Waals surface area contributed by atoms with Gasteiger partial charge in [-0.1, -0.05) is 19.1 Å². The molecule has 0 atom stereocenters. The molecule has 1 fully saturated rings. The minimum atomic E-state index is -0.303. The van der Waals surface area contributed by atoms with E-state index in [2.05, 4.69) is 5.32 Å². The number of nitrogens with zero attached hydrogens (tertiary/aromatic N) is 2. The first-order chi connectivity index (χ1) is 10.6. The quantitative estimate of drug-likeness (QED) is 0.919. The number of carbonyl (C=O) groups is 2. The molecule has 0 aliphatic carbocycles. The predicted molar refractivity (Wildman–Crippen MR) is 81.9 cm³/mol. The van der Waals surface area contributed by atoms with Crippen LogP contribution in [0.5, 0.6) is 0 Å². The van der Waals surface area contributed by atoms with Gasteiger partial charge in [-0.2, -0.15) is 0 Å². The monoisotopic (exact) mass is 307 g/mol. The number of carbonyl (C=O) groups excluding carboxylic acids is 2. The molecule has 1 aromatic rings. The van der Waals surface area contributed by atoms with Gasteiger partial charge in [0.25, 0.3) is 0 Å². The maximum absolute atomic E-state index is 12.8. The minimum Gasteiger partial charge on any atom is -0.339 e. The number of rotatable bonds is 4. The van der Waals surface area contributed by atoms with Crippen LogP contribution in [0.15, 0.2) is 24.3 Å². The predicted octanol–water partition coefficient (Wildman–Crippen LogP) is 1.63. The highest BCUT2D eigenvalue weighted by molar-refractivity contribution is 5.79. The molecule has 0 spiro atoms. The van der Waals surface area contributed by atoms with Crippen LogP contribution < -0.4 is 5.32 Å². The summed E-state index contributed by atoms with van der Waals surface area (Å²) < 4.78 is 12.8. The molecule has 0 aromatic heterocycles. The second-order valence-corrected chi connectivity index (χ2v) is 5.40. The van der Waals surface area contributed by atoms with Crippen LogP contribution in [0.4, 0.5) is 9.18 Å². The van der Waals surface area contributed by atoms with Gasteiger partial charge in [0, 0.05) is 32.7 Å². The van der Waals surface area contributed by atoms with Gasteiger partial charge < -0.3 is 15.1 Å². The molecular weight excluding hydrogens is 285 g/mol. The fraction of sp³-hybridized carbons (Fsp3) is 0.500. The third-order valence-electron chi connectivity index (χ3n) is 3.71. The molecule has 2 rings (SSSR count). The van der Waals surface area contributed by atoms with Crippen molar-refractivity contribution in [2.24, 2.45) is 0 Å². The molecule has 1 aliphatic heterocycles. The van der Waals surface area contributed by atoms with Gasteiger partial charge in [-0.3, -0.25) is 4.79 Å². The van der Waals surface area contributed by atoms with Crippen molar-refractivity contribution in [3.05, 3.63) is 35.6 Å². The highest BCUT2D eigenvalue weighted by Crippen LogP contribution is 2.08. The SMILES string of the molecule is CCCNC(=O)N1CCN(C(=O)Cc2ccc(F)cc2)CC1. The van der Waals surface area contributed by atoms with Gasteiger partial charge in [-0.05, 0) is 24.1 Å². The van der Waals surface area contributed by atoms with E-state index in [1.807, 2.05) is 6.92 Å². The number of halogens is 1. The van der Waals surface area contributed by atoms with Crippen molar-refractivity contribution in [2.45, 2.75) is 19.8 Å². The van der Waals surface area contributed by atoms with Crippen LogP contribution in [0.3, 0.4) is 0 Å². The molecule has 1 heterocycles. The van der Waals surface area contributed by atoms with E-state index >= 15 is 0 Å². The molecule has 0 radical (unpaired) electrons. The molecular formula is C16H22FN3O2. The van der Waals surface area contributed by atoms with Gasteiger partial charge in [-0.15, -0.1) is 0 Å². The topological polar surface area (TPSA) is 52.7 Å². The summed E-state index contributed by atoms with van der Waals surface area (Å²) in [6.45, 7) is 4.85. The number of benzene rings is 1. The normalized spacial score (nSPS) is 14.8. The number of amides is 3. The smallest absolute Gasteiger partial charge is 0.317 e. The van der Waals surface area contributed by atoms with Crippen LogP contribution in [-0.4, -0.2) is 54.5 Å². The molecule has 1 N–H and O–H groups in total. The molecule has 22 heavy (non-hydrogen) atoms. The highest BCUT2D eigenvalue weighted by atomic mass is 19.1. The van der Waals surface area contributed by atoms with Gasteiger partial charge in [0.1, 0.15) is 5.82 Å². The zero-order valence-corrected chi connectivity index (χ0v) is 12.8.